The molecule has 0 radical (unpaired) electrons. The summed E-state index contributed by atoms with van der Waals surface area (Å²) >= 11 is 20.3. The summed E-state index contributed by atoms with van der Waals surface area (Å²) in [5, 5.41) is 18.0. The number of thioether (sulfide) groups is 1. The summed E-state index contributed by atoms with van der Waals surface area (Å²) in [6.07, 6.45) is 3.36. The fraction of sp³-hybridized carbons (Fsp3) is 0.459. The zero-order chi connectivity index (χ0) is 36.8. The molecular formula is C37H40Cl3FN6O3S. The molecule has 3 amide bonds. The first kappa shape index (κ1) is 37.3. The fourth-order valence-corrected chi connectivity index (χ4v) is 8.49. The second-order valence-corrected chi connectivity index (χ2v) is 16.0. The Bertz CT molecular complexity index is 2060. The molecule has 14 heteroatoms. The highest BCUT2D eigenvalue weighted by Gasteiger charge is 2.56. The predicted octanol–water partition coefficient (Wildman–Crippen LogP) is 9.65. The molecule has 4 aromatic rings. The molecule has 51 heavy (non-hydrogen) atoms. The van der Waals surface area contributed by atoms with Crippen LogP contribution >= 0.6 is 46.6 Å². The van der Waals surface area contributed by atoms with Crippen LogP contribution in [0.2, 0.25) is 10.0 Å². The number of ether oxygens (including phenoxy) is 1. The zero-order valence-corrected chi connectivity index (χ0v) is 32.2. The number of fused-ring (bicyclic) bond motifs is 4. The minimum Gasteiger partial charge on any atom is -0.444 e. The van der Waals surface area contributed by atoms with Crippen molar-refractivity contribution in [1.29, 1.82) is 5.26 Å². The standard InChI is InChI=1S/C37H40Cl3FN6O3S/c1-19(44-35(48)43-14-8-12-38)26-17-24-33(47(26)32-21-16-27(32)46(18-21)36(49)50-37(2,3)4)23-15-20(9-7-13-42)28(22-10-6-11-25(39)29(22)40)30(41)31(23)45-34(24)51-5/h6,10-11,15,17,19,21,27,32H,7-9,12,14,16,18H2,1-5H3,(H2,43,44,48)/t19-,21-,27-,32+/m1/s1. The number of hydrogen-bond donors (Lipinski definition) is 2. The van der Waals surface area contributed by atoms with E-state index in [0.29, 0.717) is 46.9 Å². The van der Waals surface area contributed by atoms with Crippen molar-refractivity contribution in [2.45, 2.75) is 82.1 Å². The third-order valence-corrected chi connectivity index (χ3v) is 11.4. The zero-order valence-electron chi connectivity index (χ0n) is 29.1. The predicted molar refractivity (Wildman–Crippen MR) is 203 cm³/mol. The van der Waals surface area contributed by atoms with Crippen molar-refractivity contribution in [3.8, 4) is 17.2 Å². The SMILES string of the molecule is CSc1nc2c(F)c(-c3cccc(Cl)c3Cl)c(CCC#N)cc2c2c1cc([C@@H](C)NC(=O)NCCCCl)n2[C@H]1[C@@H]2C[C@H]1N(C(=O)OC(C)(C)C)C2. The molecule has 2 bridgehead atoms. The van der Waals surface area contributed by atoms with Crippen LogP contribution in [0.5, 0.6) is 0 Å². The van der Waals surface area contributed by atoms with Crippen LogP contribution in [0.4, 0.5) is 14.0 Å². The van der Waals surface area contributed by atoms with E-state index in [1.807, 2.05) is 46.1 Å². The van der Waals surface area contributed by atoms with Gasteiger partial charge in [0.1, 0.15) is 16.1 Å². The van der Waals surface area contributed by atoms with Gasteiger partial charge in [0.15, 0.2) is 5.82 Å². The average Bonchev–Trinajstić information content (AvgIpc) is 3.78. The van der Waals surface area contributed by atoms with Gasteiger partial charge in [-0.3, -0.25) is 0 Å². The summed E-state index contributed by atoms with van der Waals surface area (Å²) in [7, 11) is 0. The number of hydrogen-bond acceptors (Lipinski definition) is 6. The van der Waals surface area contributed by atoms with Crippen LogP contribution in [-0.2, 0) is 11.2 Å². The highest BCUT2D eigenvalue weighted by molar-refractivity contribution is 7.98. The van der Waals surface area contributed by atoms with Crippen LogP contribution in [0.25, 0.3) is 32.9 Å². The number of nitriles is 1. The number of amides is 3. The molecule has 4 atom stereocenters. The summed E-state index contributed by atoms with van der Waals surface area (Å²) in [6, 6.07) is 10.0. The molecule has 2 aromatic heterocycles. The highest BCUT2D eigenvalue weighted by Crippen LogP contribution is 2.53. The van der Waals surface area contributed by atoms with Crippen molar-refractivity contribution in [2.75, 3.05) is 25.2 Å². The molecule has 0 unspecified atom stereocenters. The molecule has 2 saturated heterocycles. The average molecular weight is 774 g/mol. The number of halogens is 4. The molecular weight excluding hydrogens is 734 g/mol. The minimum atomic E-state index is -0.657. The van der Waals surface area contributed by atoms with Crippen LogP contribution in [0, 0.1) is 23.1 Å². The van der Waals surface area contributed by atoms with E-state index in [4.69, 9.17) is 44.5 Å². The lowest BCUT2D eigenvalue weighted by Gasteiger charge is -2.40. The molecule has 3 aliphatic rings. The summed E-state index contributed by atoms with van der Waals surface area (Å²) in [5.41, 5.74) is 2.32. The summed E-state index contributed by atoms with van der Waals surface area (Å²) in [5.74, 6) is -0.0267. The maximum atomic E-state index is 17.2. The Kier molecular flexibility index (Phi) is 10.9. The van der Waals surface area contributed by atoms with Gasteiger partial charge in [0.05, 0.1) is 39.8 Å². The Morgan fingerprint density at radius 1 is 1.24 bits per heavy atom. The van der Waals surface area contributed by atoms with E-state index < -0.39 is 17.5 Å². The topological polar surface area (TPSA) is 112 Å². The van der Waals surface area contributed by atoms with Gasteiger partial charge >= 0.3 is 12.1 Å². The van der Waals surface area contributed by atoms with E-state index in [1.54, 1.807) is 23.1 Å². The normalized spacial score (nSPS) is 18.8. The lowest BCUT2D eigenvalue weighted by Crippen LogP contribution is -2.45. The summed E-state index contributed by atoms with van der Waals surface area (Å²) in [4.78, 5) is 33.1. The van der Waals surface area contributed by atoms with Crippen LogP contribution < -0.4 is 10.6 Å². The molecule has 0 spiro atoms. The van der Waals surface area contributed by atoms with Crippen molar-refractivity contribution < 1.29 is 18.7 Å². The quantitative estimate of drug-likeness (QED) is 0.0944. The van der Waals surface area contributed by atoms with Crippen molar-refractivity contribution in [3.05, 3.63) is 57.5 Å². The maximum Gasteiger partial charge on any atom is 0.410 e. The number of nitrogens with zero attached hydrogens (tertiary/aromatic N) is 4. The molecule has 3 fully saturated rings. The van der Waals surface area contributed by atoms with Crippen molar-refractivity contribution in [1.82, 2.24) is 25.1 Å². The van der Waals surface area contributed by atoms with Crippen LogP contribution in [0.1, 0.15) is 70.3 Å². The highest BCUT2D eigenvalue weighted by atomic mass is 35.5. The van der Waals surface area contributed by atoms with E-state index in [1.165, 1.54) is 11.8 Å². The van der Waals surface area contributed by atoms with Gasteiger partial charge in [0, 0.05) is 58.9 Å². The Balaban J connectivity index is 1.60. The smallest absolute Gasteiger partial charge is 0.410 e. The molecule has 7 rings (SSSR count). The molecule has 4 heterocycles. The third kappa shape index (κ3) is 7.05. The van der Waals surface area contributed by atoms with Gasteiger partial charge in [-0.15, -0.1) is 23.4 Å². The third-order valence-electron chi connectivity index (χ3n) is 9.57. The summed E-state index contributed by atoms with van der Waals surface area (Å²) < 4.78 is 25.2. The molecule has 9 nitrogen and oxygen atoms in total. The fourth-order valence-electron chi connectivity index (χ4n) is 7.41. The van der Waals surface area contributed by atoms with Gasteiger partial charge in [-0.05, 0) is 77.0 Å². The van der Waals surface area contributed by atoms with Crippen LogP contribution in [0.15, 0.2) is 35.4 Å². The summed E-state index contributed by atoms with van der Waals surface area (Å²) in [6.45, 7) is 8.39. The van der Waals surface area contributed by atoms with Crippen molar-refractivity contribution >= 4 is 80.5 Å². The van der Waals surface area contributed by atoms with E-state index in [-0.39, 0.29) is 64.1 Å². The Morgan fingerprint density at radius 2 is 2.00 bits per heavy atom. The van der Waals surface area contributed by atoms with Gasteiger partial charge in [0.2, 0.25) is 0 Å². The first-order valence-electron chi connectivity index (χ1n) is 16.9. The Hall–Kier alpha value is -3.43. The van der Waals surface area contributed by atoms with Gasteiger partial charge in [-0.2, -0.15) is 5.26 Å². The van der Waals surface area contributed by atoms with Crippen molar-refractivity contribution in [2.24, 2.45) is 5.92 Å². The molecule has 1 aliphatic carbocycles. The van der Waals surface area contributed by atoms with Crippen LogP contribution in [-0.4, -0.2) is 63.4 Å². The number of nitrogens with one attached hydrogen (secondary N) is 2. The van der Waals surface area contributed by atoms with Crippen molar-refractivity contribution in [3.63, 3.8) is 0 Å². The number of rotatable bonds is 10. The molecule has 2 aliphatic heterocycles. The number of aryl methyl sites for hydroxylation is 1. The number of aromatic nitrogens is 2. The first-order chi connectivity index (χ1) is 24.3. The van der Waals surface area contributed by atoms with Gasteiger partial charge in [0.25, 0.3) is 0 Å². The second kappa shape index (κ2) is 14.9. The number of carbonyl (C=O) groups excluding carboxylic acids is 2. The number of carbonyl (C=O) groups is 2. The lowest BCUT2D eigenvalue weighted by atomic mass is 9.79. The van der Waals surface area contributed by atoms with E-state index in [0.717, 1.165) is 23.0 Å². The molecule has 2 N–H and O–H groups in total. The number of benzene rings is 2. The minimum absolute atomic E-state index is 0.106. The number of pyridine rings is 1. The van der Waals surface area contributed by atoms with E-state index in [9.17, 15) is 14.9 Å². The van der Waals surface area contributed by atoms with Gasteiger partial charge in [-0.25, -0.2) is 19.0 Å². The lowest BCUT2D eigenvalue weighted by molar-refractivity contribution is 0.0209. The monoisotopic (exact) mass is 772 g/mol. The van der Waals surface area contributed by atoms with E-state index >= 15 is 4.39 Å². The number of urea groups is 1. The van der Waals surface area contributed by atoms with Gasteiger partial charge < -0.3 is 24.8 Å². The van der Waals surface area contributed by atoms with E-state index in [2.05, 4.69) is 21.3 Å². The molecule has 270 valence electrons. The first-order valence-corrected chi connectivity index (χ1v) is 19.5. The molecule has 2 aromatic carbocycles. The molecule has 1 saturated carbocycles. The Morgan fingerprint density at radius 3 is 2.69 bits per heavy atom. The Labute approximate surface area is 316 Å². The largest absolute Gasteiger partial charge is 0.444 e. The number of alkyl halides is 1. The van der Waals surface area contributed by atoms with Gasteiger partial charge in [-0.1, -0.05) is 35.3 Å². The second-order valence-electron chi connectivity index (χ2n) is 14.1. The van der Waals surface area contributed by atoms with Crippen LogP contribution in [0.3, 0.4) is 0 Å². The maximum absolute atomic E-state index is 17.2.